The summed E-state index contributed by atoms with van der Waals surface area (Å²) >= 11 is 0. The SMILES string of the molecule is CC(C)S(=O)(=O)CCOc1cccc(/C(N)=N/O)c1. The molecule has 7 heteroatoms. The molecule has 0 amide bonds. The van der Waals surface area contributed by atoms with Crippen LogP contribution in [0.3, 0.4) is 0 Å². The molecule has 0 saturated carbocycles. The summed E-state index contributed by atoms with van der Waals surface area (Å²) in [6.07, 6.45) is 0. The quantitative estimate of drug-likeness (QED) is 0.351. The van der Waals surface area contributed by atoms with Gasteiger partial charge >= 0.3 is 0 Å². The molecule has 0 saturated heterocycles. The van der Waals surface area contributed by atoms with E-state index in [-0.39, 0.29) is 18.2 Å². The molecule has 3 N–H and O–H groups in total. The van der Waals surface area contributed by atoms with Gasteiger partial charge in [0.15, 0.2) is 15.7 Å². The van der Waals surface area contributed by atoms with Crippen molar-refractivity contribution in [2.24, 2.45) is 10.9 Å². The van der Waals surface area contributed by atoms with Crippen molar-refractivity contribution in [3.8, 4) is 5.75 Å². The van der Waals surface area contributed by atoms with Gasteiger partial charge in [0.2, 0.25) is 0 Å². The monoisotopic (exact) mass is 286 g/mol. The number of nitrogens with two attached hydrogens (primary N) is 1. The highest BCUT2D eigenvalue weighted by Gasteiger charge is 2.15. The van der Waals surface area contributed by atoms with Gasteiger partial charge in [-0.2, -0.15) is 0 Å². The molecule has 0 atom stereocenters. The Morgan fingerprint density at radius 2 is 2.16 bits per heavy atom. The van der Waals surface area contributed by atoms with E-state index >= 15 is 0 Å². The Morgan fingerprint density at radius 3 is 2.74 bits per heavy atom. The maximum atomic E-state index is 11.6. The van der Waals surface area contributed by atoms with Crippen LogP contribution in [0.5, 0.6) is 5.75 Å². The largest absolute Gasteiger partial charge is 0.493 e. The molecule has 1 aromatic rings. The number of hydrogen-bond acceptors (Lipinski definition) is 5. The molecular weight excluding hydrogens is 268 g/mol. The number of nitrogens with zero attached hydrogens (tertiary/aromatic N) is 1. The lowest BCUT2D eigenvalue weighted by molar-refractivity contribution is 0.318. The van der Waals surface area contributed by atoms with Gasteiger partial charge < -0.3 is 15.7 Å². The Kier molecular flexibility index (Phi) is 5.17. The molecule has 0 aliphatic carbocycles. The van der Waals surface area contributed by atoms with Gasteiger partial charge in [0, 0.05) is 5.56 Å². The van der Waals surface area contributed by atoms with E-state index in [9.17, 15) is 8.42 Å². The third-order valence-corrected chi connectivity index (χ3v) is 4.76. The first-order chi connectivity index (χ1) is 8.86. The smallest absolute Gasteiger partial charge is 0.170 e. The van der Waals surface area contributed by atoms with Crippen molar-refractivity contribution in [2.75, 3.05) is 12.4 Å². The number of amidine groups is 1. The number of sulfone groups is 1. The molecule has 0 radical (unpaired) electrons. The molecule has 0 unspecified atom stereocenters. The van der Waals surface area contributed by atoms with Crippen LogP contribution in [-0.4, -0.2) is 37.1 Å². The fraction of sp³-hybridized carbons (Fsp3) is 0.417. The summed E-state index contributed by atoms with van der Waals surface area (Å²) in [6.45, 7) is 3.34. The summed E-state index contributed by atoms with van der Waals surface area (Å²) in [5.74, 6) is 0.404. The standard InChI is InChI=1S/C12H18N2O4S/c1-9(2)19(16,17)7-6-18-11-5-3-4-10(8-11)12(13)14-15/h3-5,8-9,15H,6-7H2,1-2H3,(H2,13,14). The molecule has 0 aliphatic rings. The van der Waals surface area contributed by atoms with Gasteiger partial charge in [0.1, 0.15) is 12.4 Å². The second kappa shape index (κ2) is 6.42. The van der Waals surface area contributed by atoms with Crippen LogP contribution in [0.2, 0.25) is 0 Å². The average Bonchev–Trinajstić information content (AvgIpc) is 2.37. The summed E-state index contributed by atoms with van der Waals surface area (Å²) in [7, 11) is -3.11. The molecule has 0 bridgehead atoms. The van der Waals surface area contributed by atoms with Crippen LogP contribution in [0.25, 0.3) is 0 Å². The van der Waals surface area contributed by atoms with Crippen molar-refractivity contribution in [2.45, 2.75) is 19.1 Å². The molecule has 1 aromatic carbocycles. The summed E-state index contributed by atoms with van der Waals surface area (Å²) < 4.78 is 28.5. The predicted octanol–water partition coefficient (Wildman–Crippen LogP) is 0.983. The molecule has 0 spiro atoms. The molecule has 0 aromatic heterocycles. The first-order valence-corrected chi connectivity index (χ1v) is 7.50. The number of benzene rings is 1. The fourth-order valence-corrected chi connectivity index (χ4v) is 2.10. The summed E-state index contributed by atoms with van der Waals surface area (Å²) in [5.41, 5.74) is 5.96. The zero-order valence-electron chi connectivity index (χ0n) is 10.9. The van der Waals surface area contributed by atoms with Crippen LogP contribution in [0.15, 0.2) is 29.4 Å². The summed E-state index contributed by atoms with van der Waals surface area (Å²) in [6, 6.07) is 6.60. The maximum Gasteiger partial charge on any atom is 0.170 e. The average molecular weight is 286 g/mol. The van der Waals surface area contributed by atoms with Crippen molar-refractivity contribution < 1.29 is 18.4 Å². The Bertz CT molecular complexity index is 553. The minimum Gasteiger partial charge on any atom is -0.493 e. The van der Waals surface area contributed by atoms with E-state index in [0.29, 0.717) is 11.3 Å². The van der Waals surface area contributed by atoms with Gasteiger partial charge in [-0.3, -0.25) is 0 Å². The molecule has 1 rings (SSSR count). The lowest BCUT2D eigenvalue weighted by Gasteiger charge is -2.10. The van der Waals surface area contributed by atoms with Crippen LogP contribution in [0.1, 0.15) is 19.4 Å². The van der Waals surface area contributed by atoms with Crippen LogP contribution in [0.4, 0.5) is 0 Å². The van der Waals surface area contributed by atoms with E-state index < -0.39 is 15.1 Å². The van der Waals surface area contributed by atoms with E-state index in [1.165, 1.54) is 0 Å². The zero-order chi connectivity index (χ0) is 14.5. The van der Waals surface area contributed by atoms with Gasteiger partial charge in [-0.25, -0.2) is 8.42 Å². The van der Waals surface area contributed by atoms with Crippen LogP contribution in [-0.2, 0) is 9.84 Å². The molecule has 0 fully saturated rings. The molecule has 0 aliphatic heterocycles. The number of rotatable bonds is 6. The van der Waals surface area contributed by atoms with Crippen molar-refractivity contribution in [3.63, 3.8) is 0 Å². The second-order valence-corrected chi connectivity index (χ2v) is 6.95. The third-order valence-electron chi connectivity index (χ3n) is 2.59. The topological polar surface area (TPSA) is 102 Å². The van der Waals surface area contributed by atoms with Crippen molar-refractivity contribution in [1.29, 1.82) is 0 Å². The van der Waals surface area contributed by atoms with Gasteiger partial charge in [0.05, 0.1) is 11.0 Å². The van der Waals surface area contributed by atoms with Crippen molar-refractivity contribution >= 4 is 15.7 Å². The molecule has 19 heavy (non-hydrogen) atoms. The third kappa shape index (κ3) is 4.44. The van der Waals surface area contributed by atoms with Gasteiger partial charge in [-0.15, -0.1) is 0 Å². The minimum absolute atomic E-state index is 0.0275. The number of oxime groups is 1. The van der Waals surface area contributed by atoms with Gasteiger partial charge in [-0.1, -0.05) is 17.3 Å². The van der Waals surface area contributed by atoms with Crippen molar-refractivity contribution in [1.82, 2.24) is 0 Å². The van der Waals surface area contributed by atoms with Crippen LogP contribution >= 0.6 is 0 Å². The lowest BCUT2D eigenvalue weighted by Crippen LogP contribution is -2.22. The normalized spacial score (nSPS) is 12.7. The van der Waals surface area contributed by atoms with Crippen molar-refractivity contribution in [3.05, 3.63) is 29.8 Å². The predicted molar refractivity (Wildman–Crippen MR) is 73.4 cm³/mol. The maximum absolute atomic E-state index is 11.6. The van der Waals surface area contributed by atoms with E-state index in [1.54, 1.807) is 38.1 Å². The Morgan fingerprint density at radius 1 is 1.47 bits per heavy atom. The Labute approximate surface area is 112 Å². The Hall–Kier alpha value is -1.76. The molecular formula is C12H18N2O4S. The first-order valence-electron chi connectivity index (χ1n) is 5.79. The molecule has 0 heterocycles. The molecule has 6 nitrogen and oxygen atoms in total. The van der Waals surface area contributed by atoms with Gasteiger partial charge in [-0.05, 0) is 26.0 Å². The van der Waals surface area contributed by atoms with Crippen LogP contribution < -0.4 is 10.5 Å². The summed E-state index contributed by atoms with van der Waals surface area (Å²) in [5, 5.41) is 11.0. The van der Waals surface area contributed by atoms with E-state index in [2.05, 4.69) is 5.16 Å². The molecule has 106 valence electrons. The number of hydrogen-bond donors (Lipinski definition) is 2. The van der Waals surface area contributed by atoms with E-state index in [4.69, 9.17) is 15.7 Å². The minimum atomic E-state index is -3.11. The van der Waals surface area contributed by atoms with Gasteiger partial charge in [0.25, 0.3) is 0 Å². The Balaban J connectivity index is 2.65. The highest BCUT2D eigenvalue weighted by Crippen LogP contribution is 2.13. The van der Waals surface area contributed by atoms with E-state index in [0.717, 1.165) is 0 Å². The first kappa shape index (κ1) is 15.3. The second-order valence-electron chi connectivity index (χ2n) is 4.28. The fourth-order valence-electron chi connectivity index (χ4n) is 1.31. The highest BCUT2D eigenvalue weighted by atomic mass is 32.2. The zero-order valence-corrected chi connectivity index (χ0v) is 11.7. The lowest BCUT2D eigenvalue weighted by atomic mass is 10.2. The van der Waals surface area contributed by atoms with Crippen LogP contribution in [0, 0.1) is 0 Å². The highest BCUT2D eigenvalue weighted by molar-refractivity contribution is 7.91. The number of ether oxygens (including phenoxy) is 1. The summed E-state index contributed by atoms with van der Waals surface area (Å²) in [4.78, 5) is 0. The van der Waals surface area contributed by atoms with E-state index in [1.807, 2.05) is 0 Å².